The van der Waals surface area contributed by atoms with Crippen LogP contribution in [0.5, 0.6) is 0 Å². The number of benzene rings is 1. The van der Waals surface area contributed by atoms with E-state index >= 15 is 0 Å². The van der Waals surface area contributed by atoms with Crippen LogP contribution in [0.3, 0.4) is 0 Å². The average Bonchev–Trinajstić information content (AvgIpc) is 3.13. The van der Waals surface area contributed by atoms with Crippen molar-refractivity contribution in [3.63, 3.8) is 0 Å². The van der Waals surface area contributed by atoms with Gasteiger partial charge in [-0.2, -0.15) is 0 Å². The third kappa shape index (κ3) is 3.99. The summed E-state index contributed by atoms with van der Waals surface area (Å²) in [6.07, 6.45) is 3.50. The normalized spacial score (nSPS) is 19.1. The predicted octanol–water partition coefficient (Wildman–Crippen LogP) is 5.09. The van der Waals surface area contributed by atoms with Crippen molar-refractivity contribution in [2.75, 3.05) is 18.0 Å². The molecule has 1 aromatic carbocycles. The number of carbonyl (C=O) groups excluding carboxylic acids is 1. The summed E-state index contributed by atoms with van der Waals surface area (Å²) in [5, 5.41) is 9.73. The van der Waals surface area contributed by atoms with Gasteiger partial charge in [-0.25, -0.2) is 14.2 Å². The second-order valence-corrected chi connectivity index (χ2v) is 10.8. The molecule has 1 saturated carbocycles. The largest absolute Gasteiger partial charge is 0.446 e. The molecule has 0 bridgehead atoms. The van der Waals surface area contributed by atoms with Crippen LogP contribution in [-0.2, 0) is 17.8 Å². The molecule has 188 valence electrons. The third-order valence-electron chi connectivity index (χ3n) is 7.68. The number of hydrogen-bond acceptors (Lipinski definition) is 6. The molecule has 2 aliphatic heterocycles. The molecule has 0 N–H and O–H groups in total. The van der Waals surface area contributed by atoms with Gasteiger partial charge >= 0.3 is 6.09 Å². The summed E-state index contributed by atoms with van der Waals surface area (Å²) in [7, 11) is 0. The summed E-state index contributed by atoms with van der Waals surface area (Å²) in [4.78, 5) is 21.0. The maximum absolute atomic E-state index is 13.2. The van der Waals surface area contributed by atoms with Gasteiger partial charge in [0.25, 0.3) is 0 Å². The topological polar surface area (TPSA) is 76.4 Å². The molecule has 1 spiro atoms. The van der Waals surface area contributed by atoms with E-state index in [1.165, 1.54) is 12.3 Å². The standard InChI is InChI=1S/C26H28ClFN6O2/c1-3-16(2)36-25(35)32-12-17-8-19(27)4-6-21(17)34-23(13-32)30-31-24(34)18-9-26(10-18)14-33(15-26)22-7-5-20(28)11-29-22/h4-8,11,16,18H,3,9-10,12-15H2,1-2H3/t16-/m1/s1. The van der Waals surface area contributed by atoms with Gasteiger partial charge in [-0.1, -0.05) is 18.5 Å². The van der Waals surface area contributed by atoms with Gasteiger partial charge < -0.3 is 9.64 Å². The first-order chi connectivity index (χ1) is 17.3. The maximum Gasteiger partial charge on any atom is 0.410 e. The van der Waals surface area contributed by atoms with E-state index in [2.05, 4.69) is 24.6 Å². The lowest BCUT2D eigenvalue weighted by Crippen LogP contribution is -2.62. The number of rotatable bonds is 4. The van der Waals surface area contributed by atoms with E-state index in [4.69, 9.17) is 16.3 Å². The highest BCUT2D eigenvalue weighted by atomic mass is 35.5. The molecule has 0 radical (unpaired) electrons. The predicted molar refractivity (Wildman–Crippen MR) is 133 cm³/mol. The van der Waals surface area contributed by atoms with E-state index in [1.807, 2.05) is 32.0 Å². The number of anilines is 1. The minimum absolute atomic E-state index is 0.161. The van der Waals surface area contributed by atoms with E-state index < -0.39 is 0 Å². The number of fused-ring (bicyclic) bond motifs is 3. The molecule has 4 heterocycles. The van der Waals surface area contributed by atoms with Crippen molar-refractivity contribution in [2.24, 2.45) is 5.41 Å². The molecule has 3 aliphatic rings. The van der Waals surface area contributed by atoms with E-state index in [0.717, 1.165) is 61.1 Å². The van der Waals surface area contributed by atoms with Crippen LogP contribution >= 0.6 is 11.6 Å². The lowest BCUT2D eigenvalue weighted by Gasteiger charge is -2.59. The van der Waals surface area contributed by atoms with E-state index in [-0.39, 0.29) is 29.3 Å². The monoisotopic (exact) mass is 510 g/mol. The smallest absolute Gasteiger partial charge is 0.410 e. The zero-order valence-electron chi connectivity index (χ0n) is 20.3. The number of amides is 1. The molecule has 2 fully saturated rings. The molecule has 1 amide bonds. The average molecular weight is 511 g/mol. The fourth-order valence-corrected chi connectivity index (χ4v) is 5.85. The fourth-order valence-electron chi connectivity index (χ4n) is 5.66. The third-order valence-corrected chi connectivity index (χ3v) is 7.91. The van der Waals surface area contributed by atoms with Crippen LogP contribution in [0.1, 0.15) is 56.2 Å². The number of pyridine rings is 1. The first-order valence-corrected chi connectivity index (χ1v) is 12.8. The Labute approximate surface area is 214 Å². The summed E-state index contributed by atoms with van der Waals surface area (Å²) in [6, 6.07) is 8.94. The summed E-state index contributed by atoms with van der Waals surface area (Å²) < 4.78 is 20.9. The van der Waals surface area contributed by atoms with Crippen molar-refractivity contribution in [1.29, 1.82) is 0 Å². The molecule has 10 heteroatoms. The Morgan fingerprint density at radius 2 is 2.03 bits per heavy atom. The Morgan fingerprint density at radius 1 is 1.22 bits per heavy atom. The number of halogens is 2. The van der Waals surface area contributed by atoms with E-state index in [9.17, 15) is 9.18 Å². The highest BCUT2D eigenvalue weighted by Crippen LogP contribution is 2.56. The Kier molecular flexibility index (Phi) is 5.63. The molecule has 1 atom stereocenters. The summed E-state index contributed by atoms with van der Waals surface area (Å²) >= 11 is 6.34. The lowest BCUT2D eigenvalue weighted by molar-refractivity contribution is 0.0581. The van der Waals surface area contributed by atoms with Gasteiger partial charge in [0, 0.05) is 29.4 Å². The zero-order chi connectivity index (χ0) is 25.0. The van der Waals surface area contributed by atoms with Gasteiger partial charge in [-0.15, -0.1) is 10.2 Å². The highest BCUT2D eigenvalue weighted by Gasteiger charge is 2.54. The van der Waals surface area contributed by atoms with Gasteiger partial charge in [-0.05, 0) is 62.1 Å². The number of aromatic nitrogens is 4. The molecule has 2 aromatic heterocycles. The Hall–Kier alpha value is -3.20. The summed E-state index contributed by atoms with van der Waals surface area (Å²) in [5.74, 6) is 2.42. The Balaban J connectivity index is 1.23. The van der Waals surface area contributed by atoms with Gasteiger partial charge in [0.2, 0.25) is 0 Å². The van der Waals surface area contributed by atoms with Crippen molar-refractivity contribution in [2.45, 2.75) is 58.2 Å². The number of hydrogen-bond donors (Lipinski definition) is 0. The fraction of sp³-hybridized carbons (Fsp3) is 0.462. The number of ether oxygens (including phenoxy) is 1. The van der Waals surface area contributed by atoms with Crippen LogP contribution in [-0.4, -0.2) is 49.9 Å². The van der Waals surface area contributed by atoms with Crippen LogP contribution in [0.15, 0.2) is 36.5 Å². The van der Waals surface area contributed by atoms with E-state index in [1.54, 1.807) is 11.0 Å². The molecule has 1 aliphatic carbocycles. The first kappa shape index (κ1) is 23.2. The minimum Gasteiger partial charge on any atom is -0.446 e. The SMILES string of the molecule is CC[C@@H](C)OC(=O)N1Cc2cc(Cl)ccc2-n2c(nnc2C2CC3(C2)CN(c2ccc(F)cn2)C3)C1. The van der Waals surface area contributed by atoms with Gasteiger partial charge in [0.05, 0.1) is 25.0 Å². The van der Waals surface area contributed by atoms with Gasteiger partial charge in [0.15, 0.2) is 5.82 Å². The minimum atomic E-state index is -0.361. The molecule has 36 heavy (non-hydrogen) atoms. The lowest BCUT2D eigenvalue weighted by atomic mass is 9.57. The second-order valence-electron chi connectivity index (χ2n) is 10.3. The van der Waals surface area contributed by atoms with Crippen molar-refractivity contribution in [3.8, 4) is 5.69 Å². The Bertz CT molecular complexity index is 1300. The first-order valence-electron chi connectivity index (χ1n) is 12.4. The molecular formula is C26H28ClFN6O2. The van der Waals surface area contributed by atoms with Gasteiger partial charge in [-0.3, -0.25) is 9.47 Å². The molecule has 8 nitrogen and oxygen atoms in total. The zero-order valence-corrected chi connectivity index (χ0v) is 21.1. The number of nitrogens with zero attached hydrogens (tertiary/aromatic N) is 6. The van der Waals surface area contributed by atoms with Crippen LogP contribution < -0.4 is 4.90 Å². The van der Waals surface area contributed by atoms with Crippen LogP contribution in [0.2, 0.25) is 5.02 Å². The molecular weight excluding hydrogens is 483 g/mol. The molecule has 3 aromatic rings. The quantitative estimate of drug-likeness (QED) is 0.486. The van der Waals surface area contributed by atoms with Crippen molar-refractivity contribution in [3.05, 3.63) is 64.6 Å². The molecule has 1 saturated heterocycles. The number of carbonyl (C=O) groups is 1. The van der Waals surface area contributed by atoms with Gasteiger partial charge in [0.1, 0.15) is 23.6 Å². The van der Waals surface area contributed by atoms with Crippen molar-refractivity contribution in [1.82, 2.24) is 24.6 Å². The van der Waals surface area contributed by atoms with Crippen LogP contribution in [0, 0.1) is 11.2 Å². The van der Waals surface area contributed by atoms with Crippen LogP contribution in [0.25, 0.3) is 5.69 Å². The van der Waals surface area contributed by atoms with Crippen LogP contribution in [0.4, 0.5) is 15.0 Å². The maximum atomic E-state index is 13.2. The van der Waals surface area contributed by atoms with E-state index in [0.29, 0.717) is 18.1 Å². The molecule has 0 unspecified atom stereocenters. The Morgan fingerprint density at radius 3 is 2.75 bits per heavy atom. The summed E-state index contributed by atoms with van der Waals surface area (Å²) in [6.45, 7) is 6.40. The highest BCUT2D eigenvalue weighted by molar-refractivity contribution is 6.30. The van der Waals surface area contributed by atoms with Crippen molar-refractivity contribution < 1.29 is 13.9 Å². The molecule has 6 rings (SSSR count). The van der Waals surface area contributed by atoms with Crippen molar-refractivity contribution >= 4 is 23.5 Å². The summed E-state index contributed by atoms with van der Waals surface area (Å²) in [5.41, 5.74) is 2.13. The second kappa shape index (κ2) is 8.73.